The first-order chi connectivity index (χ1) is 9.63. The molecule has 6 heteroatoms. The van der Waals surface area contributed by atoms with Gasteiger partial charge in [0.15, 0.2) is 5.75 Å². The predicted molar refractivity (Wildman–Crippen MR) is 73.6 cm³/mol. The molecular weight excluding hydrogens is 260 g/mol. The number of methoxy groups -OCH3 is 2. The number of esters is 1. The van der Waals surface area contributed by atoms with Crippen LogP contribution in [-0.4, -0.2) is 31.3 Å². The number of carbonyl (C=O) groups excluding carboxylic acids is 1. The van der Waals surface area contributed by atoms with Gasteiger partial charge < -0.3 is 19.9 Å². The number of carbonyl (C=O) groups is 1. The molecule has 0 amide bonds. The van der Waals surface area contributed by atoms with E-state index < -0.39 is 0 Å². The van der Waals surface area contributed by atoms with Crippen LogP contribution < -0.4 is 15.2 Å². The number of rotatable bonds is 4. The first-order valence-electron chi connectivity index (χ1n) is 6.68. The zero-order chi connectivity index (χ0) is 14.5. The number of nitrogen functional groups attached to an aromatic ring is 1. The van der Waals surface area contributed by atoms with Crippen molar-refractivity contribution in [3.63, 3.8) is 0 Å². The lowest BCUT2D eigenvalue weighted by atomic mass is 9.87. The molecule has 1 fully saturated rings. The maximum atomic E-state index is 11.5. The fraction of sp³-hybridized carbons (Fsp3) is 0.571. The smallest absolute Gasteiger partial charge is 0.308 e. The highest BCUT2D eigenvalue weighted by molar-refractivity contribution is 5.72. The number of nitrogens with two attached hydrogens (primary N) is 1. The monoisotopic (exact) mass is 280 g/mol. The summed E-state index contributed by atoms with van der Waals surface area (Å²) in [5.74, 6) is 0.830. The first kappa shape index (κ1) is 14.4. The number of aromatic nitrogens is 1. The van der Waals surface area contributed by atoms with E-state index in [0.29, 0.717) is 17.3 Å². The van der Waals surface area contributed by atoms with Crippen LogP contribution in [0.5, 0.6) is 11.6 Å². The van der Waals surface area contributed by atoms with E-state index >= 15 is 0 Å². The SMILES string of the molecule is COC(=O)C1CCC(Oc2ncc(N)cc2OC)CC1. The summed E-state index contributed by atoms with van der Waals surface area (Å²) in [6.07, 6.45) is 4.73. The van der Waals surface area contributed by atoms with Gasteiger partial charge in [-0.1, -0.05) is 0 Å². The van der Waals surface area contributed by atoms with Gasteiger partial charge in [-0.25, -0.2) is 4.98 Å². The normalized spacial score (nSPS) is 22.1. The molecule has 0 spiro atoms. The summed E-state index contributed by atoms with van der Waals surface area (Å²) in [4.78, 5) is 15.6. The Bertz CT molecular complexity index is 470. The van der Waals surface area contributed by atoms with Crippen LogP contribution in [0.3, 0.4) is 0 Å². The van der Waals surface area contributed by atoms with Crippen LogP contribution >= 0.6 is 0 Å². The van der Waals surface area contributed by atoms with E-state index in [0.717, 1.165) is 25.7 Å². The molecule has 0 bridgehead atoms. The van der Waals surface area contributed by atoms with Crippen LogP contribution in [0, 0.1) is 5.92 Å². The molecule has 1 aromatic heterocycles. The Morgan fingerprint density at radius 2 is 2.00 bits per heavy atom. The Hall–Kier alpha value is -1.98. The molecule has 6 nitrogen and oxygen atoms in total. The summed E-state index contributed by atoms with van der Waals surface area (Å²) in [6.45, 7) is 0. The maximum Gasteiger partial charge on any atom is 0.308 e. The fourth-order valence-corrected chi connectivity index (χ4v) is 2.42. The van der Waals surface area contributed by atoms with E-state index in [1.807, 2.05) is 0 Å². The van der Waals surface area contributed by atoms with Crippen LogP contribution in [0.2, 0.25) is 0 Å². The number of nitrogens with zero attached hydrogens (tertiary/aromatic N) is 1. The molecule has 0 radical (unpaired) electrons. The second-order valence-corrected chi connectivity index (χ2v) is 4.89. The van der Waals surface area contributed by atoms with Gasteiger partial charge in [-0.15, -0.1) is 0 Å². The summed E-state index contributed by atoms with van der Waals surface area (Å²) >= 11 is 0. The van der Waals surface area contributed by atoms with Gasteiger partial charge in [-0.3, -0.25) is 4.79 Å². The topological polar surface area (TPSA) is 83.7 Å². The Morgan fingerprint density at radius 3 is 2.60 bits per heavy atom. The van der Waals surface area contributed by atoms with Gasteiger partial charge >= 0.3 is 5.97 Å². The molecule has 0 aromatic carbocycles. The number of ether oxygens (including phenoxy) is 3. The Labute approximate surface area is 118 Å². The van der Waals surface area contributed by atoms with Crippen molar-refractivity contribution in [3.05, 3.63) is 12.3 Å². The highest BCUT2D eigenvalue weighted by Crippen LogP contribution is 2.32. The minimum Gasteiger partial charge on any atom is -0.491 e. The molecule has 2 N–H and O–H groups in total. The molecule has 1 heterocycles. The number of pyridine rings is 1. The molecule has 1 saturated carbocycles. The molecule has 1 aliphatic carbocycles. The lowest BCUT2D eigenvalue weighted by molar-refractivity contribution is -0.147. The van der Waals surface area contributed by atoms with E-state index in [1.54, 1.807) is 13.2 Å². The van der Waals surface area contributed by atoms with Gasteiger partial charge in [0.05, 0.1) is 32.0 Å². The Balaban J connectivity index is 1.94. The van der Waals surface area contributed by atoms with Gasteiger partial charge in [0.2, 0.25) is 0 Å². The number of hydrogen-bond donors (Lipinski definition) is 1. The predicted octanol–water partition coefficient (Wildman–Crippen LogP) is 1.78. The molecule has 2 rings (SSSR count). The van der Waals surface area contributed by atoms with Gasteiger partial charge in [0.25, 0.3) is 5.88 Å². The van der Waals surface area contributed by atoms with Crippen molar-refractivity contribution in [2.45, 2.75) is 31.8 Å². The third-order valence-electron chi connectivity index (χ3n) is 3.55. The molecular formula is C14H20N2O4. The average molecular weight is 280 g/mol. The lowest BCUT2D eigenvalue weighted by Crippen LogP contribution is -2.28. The van der Waals surface area contributed by atoms with Crippen molar-refractivity contribution in [1.82, 2.24) is 4.98 Å². The standard InChI is InChI=1S/C14H20N2O4/c1-18-12-7-10(15)8-16-13(12)20-11-5-3-9(4-6-11)14(17)19-2/h7-9,11H,3-6,15H2,1-2H3. The second kappa shape index (κ2) is 6.45. The van der Waals surface area contributed by atoms with Crippen molar-refractivity contribution in [2.24, 2.45) is 5.92 Å². The van der Waals surface area contributed by atoms with Crippen LogP contribution in [0.4, 0.5) is 5.69 Å². The molecule has 0 aliphatic heterocycles. The van der Waals surface area contributed by atoms with Crippen LogP contribution in [-0.2, 0) is 9.53 Å². The first-order valence-corrected chi connectivity index (χ1v) is 6.68. The second-order valence-electron chi connectivity index (χ2n) is 4.89. The van der Waals surface area contributed by atoms with Crippen molar-refractivity contribution >= 4 is 11.7 Å². The van der Waals surface area contributed by atoms with E-state index in [9.17, 15) is 4.79 Å². The summed E-state index contributed by atoms with van der Waals surface area (Å²) in [7, 11) is 2.98. The molecule has 0 atom stereocenters. The van der Waals surface area contributed by atoms with Crippen molar-refractivity contribution in [3.8, 4) is 11.6 Å². The quantitative estimate of drug-likeness (QED) is 0.846. The summed E-state index contributed by atoms with van der Waals surface area (Å²) in [6, 6.07) is 1.68. The molecule has 0 saturated heterocycles. The minimum atomic E-state index is -0.133. The third-order valence-corrected chi connectivity index (χ3v) is 3.55. The zero-order valence-electron chi connectivity index (χ0n) is 11.8. The van der Waals surface area contributed by atoms with E-state index in [2.05, 4.69) is 4.98 Å². The summed E-state index contributed by atoms with van der Waals surface area (Å²) < 4.78 is 15.8. The fourth-order valence-electron chi connectivity index (χ4n) is 2.42. The molecule has 20 heavy (non-hydrogen) atoms. The average Bonchev–Trinajstić information content (AvgIpc) is 2.49. The molecule has 110 valence electrons. The molecule has 1 aliphatic rings. The zero-order valence-corrected chi connectivity index (χ0v) is 11.8. The lowest BCUT2D eigenvalue weighted by Gasteiger charge is -2.27. The van der Waals surface area contributed by atoms with Crippen molar-refractivity contribution in [1.29, 1.82) is 0 Å². The van der Waals surface area contributed by atoms with Crippen molar-refractivity contribution in [2.75, 3.05) is 20.0 Å². The van der Waals surface area contributed by atoms with Crippen LogP contribution in [0.15, 0.2) is 12.3 Å². The third kappa shape index (κ3) is 3.31. The van der Waals surface area contributed by atoms with Gasteiger partial charge in [-0.05, 0) is 25.7 Å². The van der Waals surface area contributed by atoms with Crippen LogP contribution in [0.25, 0.3) is 0 Å². The highest BCUT2D eigenvalue weighted by Gasteiger charge is 2.28. The number of hydrogen-bond acceptors (Lipinski definition) is 6. The van der Waals surface area contributed by atoms with Gasteiger partial charge in [0.1, 0.15) is 6.10 Å². The molecule has 0 unspecified atom stereocenters. The maximum absolute atomic E-state index is 11.5. The summed E-state index contributed by atoms with van der Waals surface area (Å²) in [5, 5.41) is 0. The van der Waals surface area contributed by atoms with Gasteiger partial charge in [-0.2, -0.15) is 0 Å². The van der Waals surface area contributed by atoms with Crippen molar-refractivity contribution < 1.29 is 19.0 Å². The Kier molecular flexibility index (Phi) is 4.65. The van der Waals surface area contributed by atoms with Gasteiger partial charge in [0, 0.05) is 6.07 Å². The summed E-state index contributed by atoms with van der Waals surface area (Å²) in [5.41, 5.74) is 6.18. The van der Waals surface area contributed by atoms with E-state index in [1.165, 1.54) is 13.3 Å². The minimum absolute atomic E-state index is 0.0128. The molecule has 1 aromatic rings. The number of anilines is 1. The van der Waals surface area contributed by atoms with E-state index in [-0.39, 0.29) is 18.0 Å². The largest absolute Gasteiger partial charge is 0.491 e. The Morgan fingerprint density at radius 1 is 1.30 bits per heavy atom. The van der Waals surface area contributed by atoms with Crippen LogP contribution in [0.1, 0.15) is 25.7 Å². The highest BCUT2D eigenvalue weighted by atomic mass is 16.5. The van der Waals surface area contributed by atoms with E-state index in [4.69, 9.17) is 19.9 Å².